The number of ether oxygens (including phenoxy) is 1. The number of aromatic nitrogens is 1. The van der Waals surface area contributed by atoms with Crippen molar-refractivity contribution >= 4 is 45.1 Å². The topological polar surface area (TPSA) is 80.3 Å². The molecule has 0 saturated carbocycles. The molecule has 2 amide bonds. The summed E-state index contributed by atoms with van der Waals surface area (Å²) in [6.45, 7) is 0.408. The maximum atomic E-state index is 12.3. The molecule has 8 heteroatoms. The molecule has 4 aromatic rings. The first-order valence-electron chi connectivity index (χ1n) is 9.52. The van der Waals surface area contributed by atoms with Crippen LogP contribution in [0.15, 0.2) is 83.2 Å². The number of thioether (sulfide) groups is 1. The zero-order valence-corrected chi connectivity index (χ0v) is 18.0. The van der Waals surface area contributed by atoms with Crippen molar-refractivity contribution < 1.29 is 14.3 Å². The van der Waals surface area contributed by atoms with E-state index in [2.05, 4.69) is 15.8 Å². The van der Waals surface area contributed by atoms with E-state index in [9.17, 15) is 9.59 Å². The Morgan fingerprint density at radius 1 is 0.903 bits per heavy atom. The molecule has 1 heterocycles. The third-order valence-electron chi connectivity index (χ3n) is 4.28. The van der Waals surface area contributed by atoms with Gasteiger partial charge in [-0.2, -0.15) is 0 Å². The summed E-state index contributed by atoms with van der Waals surface area (Å²) in [5.74, 6) is 0.269. The van der Waals surface area contributed by atoms with Crippen molar-refractivity contribution in [2.45, 2.75) is 10.9 Å². The van der Waals surface area contributed by atoms with Gasteiger partial charge in [0.2, 0.25) is 5.91 Å². The van der Waals surface area contributed by atoms with E-state index in [1.807, 2.05) is 66.7 Å². The summed E-state index contributed by atoms with van der Waals surface area (Å²) in [5, 5.41) is 0. The number of para-hydroxylation sites is 2. The van der Waals surface area contributed by atoms with Gasteiger partial charge in [-0.25, -0.2) is 4.98 Å². The lowest BCUT2D eigenvalue weighted by Gasteiger charge is -2.08. The molecule has 0 bridgehead atoms. The van der Waals surface area contributed by atoms with Gasteiger partial charge in [-0.1, -0.05) is 54.2 Å². The average Bonchev–Trinajstić information content (AvgIpc) is 3.24. The minimum absolute atomic E-state index is 0.163. The van der Waals surface area contributed by atoms with Crippen molar-refractivity contribution in [3.05, 3.63) is 90.0 Å². The summed E-state index contributed by atoms with van der Waals surface area (Å²) in [7, 11) is 0. The van der Waals surface area contributed by atoms with E-state index in [4.69, 9.17) is 4.74 Å². The fourth-order valence-corrected chi connectivity index (χ4v) is 4.58. The van der Waals surface area contributed by atoms with E-state index in [1.54, 1.807) is 12.1 Å². The number of rotatable bonds is 7. The molecule has 2 N–H and O–H groups in total. The molecule has 1 aromatic heterocycles. The fraction of sp³-hybridized carbons (Fsp3) is 0.0870. The quantitative estimate of drug-likeness (QED) is 0.322. The maximum Gasteiger partial charge on any atom is 0.269 e. The standard InChI is InChI=1S/C23H19N3O3S2/c27-21(15-30-23-24-19-8-4-5-9-20(19)31-23)25-26-22(28)17-12-10-16(11-13-17)14-29-18-6-2-1-3-7-18/h1-13H,14-15H2,(H,25,27)(H,26,28). The van der Waals surface area contributed by atoms with Gasteiger partial charge in [-0.15, -0.1) is 11.3 Å². The van der Waals surface area contributed by atoms with Crippen molar-refractivity contribution in [3.63, 3.8) is 0 Å². The van der Waals surface area contributed by atoms with Gasteiger partial charge in [-0.3, -0.25) is 20.4 Å². The first kappa shape index (κ1) is 20.9. The molecule has 0 atom stereocenters. The second-order valence-corrected chi connectivity index (χ2v) is 8.79. The van der Waals surface area contributed by atoms with Crippen LogP contribution in [0.5, 0.6) is 5.75 Å². The lowest BCUT2D eigenvalue weighted by Crippen LogP contribution is -2.42. The first-order valence-corrected chi connectivity index (χ1v) is 11.3. The minimum atomic E-state index is -0.381. The Hall–Kier alpha value is -3.36. The summed E-state index contributed by atoms with van der Waals surface area (Å²) in [6.07, 6.45) is 0. The van der Waals surface area contributed by atoms with Crippen molar-refractivity contribution in [2.75, 3.05) is 5.75 Å². The molecule has 31 heavy (non-hydrogen) atoms. The van der Waals surface area contributed by atoms with Crippen molar-refractivity contribution in [3.8, 4) is 5.75 Å². The molecule has 0 aliphatic rings. The second-order valence-electron chi connectivity index (χ2n) is 6.54. The third kappa shape index (κ3) is 5.84. The summed E-state index contributed by atoms with van der Waals surface area (Å²) >= 11 is 2.88. The Morgan fingerprint density at radius 3 is 2.42 bits per heavy atom. The van der Waals surface area contributed by atoms with Crippen LogP contribution in [0.3, 0.4) is 0 Å². The Bertz CT molecular complexity index is 1140. The number of hydrogen-bond donors (Lipinski definition) is 2. The summed E-state index contributed by atoms with van der Waals surface area (Å²) in [5.41, 5.74) is 7.18. The van der Waals surface area contributed by atoms with Gasteiger partial charge < -0.3 is 4.74 Å². The zero-order valence-electron chi connectivity index (χ0n) is 16.4. The summed E-state index contributed by atoms with van der Waals surface area (Å²) in [4.78, 5) is 28.8. The molecule has 0 unspecified atom stereocenters. The molecular formula is C23H19N3O3S2. The Morgan fingerprint density at radius 2 is 1.65 bits per heavy atom. The van der Waals surface area contributed by atoms with Crippen LogP contribution < -0.4 is 15.6 Å². The van der Waals surface area contributed by atoms with Crippen LogP contribution >= 0.6 is 23.1 Å². The Kier molecular flexibility index (Phi) is 6.81. The highest BCUT2D eigenvalue weighted by Crippen LogP contribution is 2.28. The highest BCUT2D eigenvalue weighted by molar-refractivity contribution is 8.01. The molecule has 156 valence electrons. The van der Waals surface area contributed by atoms with Crippen LogP contribution in [0.1, 0.15) is 15.9 Å². The van der Waals surface area contributed by atoms with Crippen LogP contribution in [-0.2, 0) is 11.4 Å². The number of hydrazine groups is 1. The Balaban J connectivity index is 1.22. The maximum absolute atomic E-state index is 12.3. The minimum Gasteiger partial charge on any atom is -0.489 e. The van der Waals surface area contributed by atoms with Gasteiger partial charge in [0.15, 0.2) is 4.34 Å². The molecule has 0 aliphatic heterocycles. The monoisotopic (exact) mass is 449 g/mol. The fourth-order valence-electron chi connectivity index (χ4n) is 2.71. The largest absolute Gasteiger partial charge is 0.489 e. The van der Waals surface area contributed by atoms with Crippen molar-refractivity contribution in [2.24, 2.45) is 0 Å². The number of carbonyl (C=O) groups is 2. The summed E-state index contributed by atoms with van der Waals surface area (Å²) in [6, 6.07) is 24.4. The highest BCUT2D eigenvalue weighted by atomic mass is 32.2. The predicted molar refractivity (Wildman–Crippen MR) is 123 cm³/mol. The number of nitrogens with zero attached hydrogens (tertiary/aromatic N) is 1. The number of amides is 2. The van der Waals surface area contributed by atoms with E-state index in [-0.39, 0.29) is 17.6 Å². The molecular weight excluding hydrogens is 430 g/mol. The van der Waals surface area contributed by atoms with Gasteiger partial charge >= 0.3 is 0 Å². The van der Waals surface area contributed by atoms with Crippen molar-refractivity contribution in [1.82, 2.24) is 15.8 Å². The number of hydrogen-bond acceptors (Lipinski definition) is 6. The van der Waals surface area contributed by atoms with E-state index in [0.29, 0.717) is 12.2 Å². The third-order valence-corrected chi connectivity index (χ3v) is 6.46. The normalized spacial score (nSPS) is 10.6. The Labute approximate surface area is 187 Å². The molecule has 0 fully saturated rings. The van der Waals surface area contributed by atoms with E-state index in [1.165, 1.54) is 23.1 Å². The number of thiazole rings is 1. The van der Waals surface area contributed by atoms with Gasteiger partial charge in [0, 0.05) is 5.56 Å². The SMILES string of the molecule is O=C(CSc1nc2ccccc2s1)NNC(=O)c1ccc(COc2ccccc2)cc1. The molecule has 0 saturated heterocycles. The van der Waals surface area contributed by atoms with Gasteiger partial charge in [0.05, 0.1) is 16.0 Å². The molecule has 0 radical (unpaired) electrons. The van der Waals surface area contributed by atoms with Crippen LogP contribution in [0.4, 0.5) is 0 Å². The molecule has 4 rings (SSSR count). The van der Waals surface area contributed by atoms with Crippen LogP contribution in [0.25, 0.3) is 10.2 Å². The molecule has 3 aromatic carbocycles. The van der Waals surface area contributed by atoms with Crippen LogP contribution in [0.2, 0.25) is 0 Å². The van der Waals surface area contributed by atoms with E-state index < -0.39 is 0 Å². The van der Waals surface area contributed by atoms with Gasteiger partial charge in [-0.05, 0) is 42.0 Å². The van der Waals surface area contributed by atoms with Gasteiger partial charge in [0.25, 0.3) is 5.91 Å². The van der Waals surface area contributed by atoms with E-state index in [0.717, 1.165) is 25.9 Å². The highest BCUT2D eigenvalue weighted by Gasteiger charge is 2.10. The summed E-state index contributed by atoms with van der Waals surface area (Å²) < 4.78 is 7.59. The number of benzene rings is 3. The smallest absolute Gasteiger partial charge is 0.269 e. The van der Waals surface area contributed by atoms with E-state index >= 15 is 0 Å². The molecule has 0 spiro atoms. The molecule has 0 aliphatic carbocycles. The lowest BCUT2D eigenvalue weighted by atomic mass is 10.1. The van der Waals surface area contributed by atoms with Crippen LogP contribution in [0, 0.1) is 0 Å². The predicted octanol–water partition coefficient (Wildman–Crippen LogP) is 4.43. The number of carbonyl (C=O) groups excluding carboxylic acids is 2. The zero-order chi connectivity index (χ0) is 21.5. The lowest BCUT2D eigenvalue weighted by molar-refractivity contribution is -0.119. The number of nitrogens with one attached hydrogen (secondary N) is 2. The van der Waals surface area contributed by atoms with Crippen LogP contribution in [-0.4, -0.2) is 22.6 Å². The van der Waals surface area contributed by atoms with Gasteiger partial charge in [0.1, 0.15) is 12.4 Å². The first-order chi connectivity index (χ1) is 15.2. The molecule has 6 nitrogen and oxygen atoms in total. The number of fused-ring (bicyclic) bond motifs is 1. The average molecular weight is 450 g/mol. The van der Waals surface area contributed by atoms with Crippen molar-refractivity contribution in [1.29, 1.82) is 0 Å². The second kappa shape index (κ2) is 10.1.